The van der Waals surface area contributed by atoms with E-state index >= 15 is 0 Å². The number of hydrogen-bond donors (Lipinski definition) is 0. The number of anilines is 1. The Balaban J connectivity index is 1.37. The lowest BCUT2D eigenvalue weighted by Crippen LogP contribution is -2.37. The van der Waals surface area contributed by atoms with Gasteiger partial charge in [-0.15, -0.1) is 0 Å². The third-order valence-corrected chi connectivity index (χ3v) is 5.49. The maximum Gasteiger partial charge on any atom is 0.223 e. The first-order valence-electron chi connectivity index (χ1n) is 10.6. The molecule has 0 spiro atoms. The van der Waals surface area contributed by atoms with Gasteiger partial charge in [0, 0.05) is 45.2 Å². The zero-order valence-corrected chi connectivity index (χ0v) is 17.9. The number of nitrogens with zero attached hydrogens (tertiary/aromatic N) is 3. The van der Waals surface area contributed by atoms with E-state index in [-0.39, 0.29) is 36.0 Å². The molecule has 168 valence electrons. The van der Waals surface area contributed by atoms with Crippen LogP contribution in [0.25, 0.3) is 11.3 Å². The van der Waals surface area contributed by atoms with Crippen LogP contribution in [-0.2, 0) is 22.5 Å². The Morgan fingerprint density at radius 3 is 2.56 bits per heavy atom. The number of hydrogen-bond acceptors (Lipinski definition) is 5. The minimum Gasteiger partial charge on any atom is -0.441 e. The van der Waals surface area contributed by atoms with Crippen molar-refractivity contribution in [2.24, 2.45) is 0 Å². The Kier molecular flexibility index (Phi) is 6.80. The number of benzene rings is 2. The smallest absolute Gasteiger partial charge is 0.223 e. The van der Waals surface area contributed by atoms with E-state index in [0.29, 0.717) is 19.8 Å². The fraction of sp³-hybridized carbons (Fsp3) is 0.333. The minimum absolute atomic E-state index is 0.0100. The van der Waals surface area contributed by atoms with Crippen LogP contribution in [0.1, 0.15) is 17.9 Å². The summed E-state index contributed by atoms with van der Waals surface area (Å²) >= 11 is 0. The third-order valence-electron chi connectivity index (χ3n) is 5.49. The van der Waals surface area contributed by atoms with Crippen LogP contribution in [0.5, 0.6) is 0 Å². The SMILES string of the molecule is CN(Cc1ccccc1N1CCOCC1)C(=O)CCc1ncc(-c2c(F)cccc2F)o1. The van der Waals surface area contributed by atoms with Crippen molar-refractivity contribution in [3.05, 3.63) is 71.8 Å². The molecule has 1 aromatic heterocycles. The van der Waals surface area contributed by atoms with E-state index in [1.54, 1.807) is 11.9 Å². The molecule has 8 heteroatoms. The normalized spacial score (nSPS) is 13.9. The van der Waals surface area contributed by atoms with Crippen LogP contribution in [0.15, 0.2) is 53.1 Å². The lowest BCUT2D eigenvalue weighted by Gasteiger charge is -2.31. The molecule has 1 aliphatic heterocycles. The molecule has 1 saturated heterocycles. The average Bonchev–Trinajstić information content (AvgIpc) is 3.27. The number of morpholine rings is 1. The van der Waals surface area contributed by atoms with Crippen molar-refractivity contribution in [3.8, 4) is 11.3 Å². The second kappa shape index (κ2) is 9.91. The van der Waals surface area contributed by atoms with Gasteiger partial charge in [0.1, 0.15) is 11.6 Å². The van der Waals surface area contributed by atoms with E-state index in [4.69, 9.17) is 9.15 Å². The maximum absolute atomic E-state index is 13.9. The summed E-state index contributed by atoms with van der Waals surface area (Å²) in [5, 5.41) is 0. The first-order chi connectivity index (χ1) is 15.5. The molecule has 0 N–H and O–H groups in total. The molecule has 0 atom stereocenters. The molecule has 2 aromatic carbocycles. The molecular formula is C24H25F2N3O3. The van der Waals surface area contributed by atoms with E-state index in [1.807, 2.05) is 18.2 Å². The van der Waals surface area contributed by atoms with Gasteiger partial charge >= 0.3 is 0 Å². The van der Waals surface area contributed by atoms with Gasteiger partial charge in [0.15, 0.2) is 11.7 Å². The van der Waals surface area contributed by atoms with E-state index in [2.05, 4.69) is 16.0 Å². The Morgan fingerprint density at radius 2 is 1.81 bits per heavy atom. The summed E-state index contributed by atoms with van der Waals surface area (Å²) in [5.41, 5.74) is 1.92. The zero-order valence-electron chi connectivity index (χ0n) is 17.9. The van der Waals surface area contributed by atoms with Crippen LogP contribution in [-0.4, -0.2) is 49.1 Å². The Bertz CT molecular complexity index is 1060. The van der Waals surface area contributed by atoms with Gasteiger partial charge < -0.3 is 19.0 Å². The molecule has 0 saturated carbocycles. The van der Waals surface area contributed by atoms with Crippen molar-refractivity contribution in [2.45, 2.75) is 19.4 Å². The first-order valence-corrected chi connectivity index (χ1v) is 10.6. The second-order valence-corrected chi connectivity index (χ2v) is 7.69. The summed E-state index contributed by atoms with van der Waals surface area (Å²) in [4.78, 5) is 20.7. The topological polar surface area (TPSA) is 58.8 Å². The zero-order chi connectivity index (χ0) is 22.5. The fourth-order valence-corrected chi connectivity index (χ4v) is 3.78. The molecule has 6 nitrogen and oxygen atoms in total. The minimum atomic E-state index is -0.720. The standard InChI is InChI=1S/C24H25F2N3O3/c1-28(16-17-5-2-3-8-20(17)29-11-13-31-14-12-29)23(30)10-9-22-27-15-21(32-22)24-18(25)6-4-7-19(24)26/h2-8,15H,9-14,16H2,1H3. The largest absolute Gasteiger partial charge is 0.441 e. The summed E-state index contributed by atoms with van der Waals surface area (Å²) in [6.07, 6.45) is 1.70. The van der Waals surface area contributed by atoms with Crippen molar-refractivity contribution in [1.82, 2.24) is 9.88 Å². The van der Waals surface area contributed by atoms with Crippen LogP contribution in [0.3, 0.4) is 0 Å². The van der Waals surface area contributed by atoms with Crippen molar-refractivity contribution in [3.63, 3.8) is 0 Å². The number of aromatic nitrogens is 1. The molecule has 4 rings (SSSR count). The van der Waals surface area contributed by atoms with Gasteiger partial charge in [-0.2, -0.15) is 0 Å². The summed E-state index contributed by atoms with van der Waals surface area (Å²) in [5.74, 6) is -1.24. The molecule has 0 aliphatic carbocycles. The Labute approximate surface area is 185 Å². The number of amides is 1. The Hall–Kier alpha value is -3.26. The van der Waals surface area contributed by atoms with Crippen LogP contribution in [0.2, 0.25) is 0 Å². The quantitative estimate of drug-likeness (QED) is 0.554. The molecule has 0 radical (unpaired) electrons. The van der Waals surface area contributed by atoms with Crippen LogP contribution < -0.4 is 4.90 Å². The van der Waals surface area contributed by atoms with Gasteiger partial charge in [0.2, 0.25) is 5.91 Å². The number of aryl methyl sites for hydroxylation is 1. The molecular weight excluding hydrogens is 416 g/mol. The highest BCUT2D eigenvalue weighted by atomic mass is 19.1. The number of rotatable bonds is 7. The lowest BCUT2D eigenvalue weighted by molar-refractivity contribution is -0.130. The van der Waals surface area contributed by atoms with E-state index in [9.17, 15) is 13.6 Å². The van der Waals surface area contributed by atoms with Gasteiger partial charge in [-0.25, -0.2) is 13.8 Å². The molecule has 1 amide bonds. The maximum atomic E-state index is 13.9. The number of halogens is 2. The predicted octanol–water partition coefficient (Wildman–Crippen LogP) is 4.05. The van der Waals surface area contributed by atoms with Gasteiger partial charge in [0.25, 0.3) is 0 Å². The van der Waals surface area contributed by atoms with Crippen molar-refractivity contribution in [2.75, 3.05) is 38.3 Å². The van der Waals surface area contributed by atoms with Gasteiger partial charge in [0.05, 0.1) is 25.0 Å². The van der Waals surface area contributed by atoms with Crippen molar-refractivity contribution in [1.29, 1.82) is 0 Å². The number of para-hydroxylation sites is 1. The van der Waals surface area contributed by atoms with Gasteiger partial charge in [-0.3, -0.25) is 4.79 Å². The average molecular weight is 441 g/mol. The molecule has 1 fully saturated rings. The number of ether oxygens (including phenoxy) is 1. The molecule has 0 bridgehead atoms. The summed E-state index contributed by atoms with van der Waals surface area (Å²) in [7, 11) is 1.76. The van der Waals surface area contributed by atoms with Crippen molar-refractivity contribution >= 4 is 11.6 Å². The third kappa shape index (κ3) is 4.96. The summed E-state index contributed by atoms with van der Waals surface area (Å²) in [6, 6.07) is 11.7. The van der Waals surface area contributed by atoms with Gasteiger partial charge in [-0.05, 0) is 23.8 Å². The number of carbonyl (C=O) groups is 1. The monoisotopic (exact) mass is 441 g/mol. The van der Waals surface area contributed by atoms with Crippen LogP contribution in [0, 0.1) is 11.6 Å². The summed E-state index contributed by atoms with van der Waals surface area (Å²) in [6.45, 7) is 3.51. The van der Waals surface area contributed by atoms with Crippen LogP contribution in [0.4, 0.5) is 14.5 Å². The van der Waals surface area contributed by atoms with Crippen molar-refractivity contribution < 1.29 is 22.7 Å². The second-order valence-electron chi connectivity index (χ2n) is 7.69. The highest BCUT2D eigenvalue weighted by Crippen LogP contribution is 2.27. The molecule has 1 aliphatic rings. The fourth-order valence-electron chi connectivity index (χ4n) is 3.78. The van der Waals surface area contributed by atoms with Crippen LogP contribution >= 0.6 is 0 Å². The highest BCUT2D eigenvalue weighted by molar-refractivity contribution is 5.76. The van der Waals surface area contributed by atoms with E-state index in [1.165, 1.54) is 12.3 Å². The lowest BCUT2D eigenvalue weighted by atomic mass is 10.1. The van der Waals surface area contributed by atoms with Gasteiger partial charge in [-0.1, -0.05) is 24.3 Å². The van der Waals surface area contributed by atoms with E-state index in [0.717, 1.165) is 36.5 Å². The molecule has 32 heavy (non-hydrogen) atoms. The predicted molar refractivity (Wildman–Crippen MR) is 116 cm³/mol. The number of carbonyl (C=O) groups excluding carboxylic acids is 1. The first kappa shape index (κ1) is 22.0. The Morgan fingerprint density at radius 1 is 1.09 bits per heavy atom. The van der Waals surface area contributed by atoms with E-state index < -0.39 is 11.6 Å². The highest BCUT2D eigenvalue weighted by Gasteiger charge is 2.19. The molecule has 2 heterocycles. The summed E-state index contributed by atoms with van der Waals surface area (Å²) < 4.78 is 38.8. The molecule has 3 aromatic rings. The number of oxazole rings is 1. The molecule has 0 unspecified atom stereocenters.